The molecular formula is C20H25N4O4S+. The minimum atomic E-state index is -0.0988. The van der Waals surface area contributed by atoms with Crippen LogP contribution in [0, 0.1) is 0 Å². The molecule has 9 heteroatoms. The quantitative estimate of drug-likeness (QED) is 0.495. The SMILES string of the molecule is CCOc1ccc(NC(=O)C[NH+](CCOC)Cc2nnc(-c3cccs3)o2)cc1. The predicted octanol–water partition coefficient (Wildman–Crippen LogP) is 1.87. The van der Waals surface area contributed by atoms with Gasteiger partial charge in [0.1, 0.15) is 12.3 Å². The fraction of sp³-hybridized carbons (Fsp3) is 0.350. The highest BCUT2D eigenvalue weighted by atomic mass is 32.1. The fourth-order valence-electron chi connectivity index (χ4n) is 2.76. The lowest BCUT2D eigenvalue weighted by Gasteiger charge is -2.17. The second-order valence-electron chi connectivity index (χ2n) is 6.33. The van der Waals surface area contributed by atoms with Crippen LogP contribution < -0.4 is 15.0 Å². The lowest BCUT2D eigenvalue weighted by Crippen LogP contribution is -3.12. The Bertz CT molecular complexity index is 880. The summed E-state index contributed by atoms with van der Waals surface area (Å²) >= 11 is 1.54. The van der Waals surface area contributed by atoms with Gasteiger partial charge in [0.15, 0.2) is 13.1 Å². The van der Waals surface area contributed by atoms with Gasteiger partial charge in [0.25, 0.3) is 17.7 Å². The van der Waals surface area contributed by atoms with Crippen LogP contribution in [0.15, 0.2) is 46.2 Å². The van der Waals surface area contributed by atoms with E-state index in [0.29, 0.717) is 38.1 Å². The van der Waals surface area contributed by atoms with E-state index in [1.807, 2.05) is 48.7 Å². The van der Waals surface area contributed by atoms with E-state index in [0.717, 1.165) is 21.2 Å². The number of methoxy groups -OCH3 is 1. The fourth-order valence-corrected chi connectivity index (χ4v) is 3.40. The first-order chi connectivity index (χ1) is 14.2. The van der Waals surface area contributed by atoms with Crippen molar-refractivity contribution in [1.29, 1.82) is 0 Å². The van der Waals surface area contributed by atoms with Gasteiger partial charge in [0, 0.05) is 12.8 Å². The van der Waals surface area contributed by atoms with Gasteiger partial charge in [0.2, 0.25) is 0 Å². The van der Waals surface area contributed by atoms with Crippen molar-refractivity contribution in [2.75, 3.05) is 38.7 Å². The molecule has 3 rings (SSSR count). The first-order valence-corrected chi connectivity index (χ1v) is 10.3. The third-order valence-corrected chi connectivity index (χ3v) is 4.98. The Balaban J connectivity index is 1.58. The molecule has 0 saturated heterocycles. The molecule has 0 saturated carbocycles. The summed E-state index contributed by atoms with van der Waals surface area (Å²) in [6.45, 7) is 4.40. The molecule has 8 nitrogen and oxygen atoms in total. The summed E-state index contributed by atoms with van der Waals surface area (Å²) in [6.07, 6.45) is 0. The molecule has 0 fully saturated rings. The number of rotatable bonds is 11. The van der Waals surface area contributed by atoms with Crippen molar-refractivity contribution in [2.45, 2.75) is 13.5 Å². The lowest BCUT2D eigenvalue weighted by atomic mass is 10.3. The molecular weight excluding hydrogens is 392 g/mol. The maximum atomic E-state index is 12.5. The molecule has 1 unspecified atom stereocenters. The minimum absolute atomic E-state index is 0.0988. The third-order valence-electron chi connectivity index (χ3n) is 4.12. The summed E-state index contributed by atoms with van der Waals surface area (Å²) in [5, 5.41) is 13.1. The second kappa shape index (κ2) is 10.7. The van der Waals surface area contributed by atoms with Crippen molar-refractivity contribution in [3.63, 3.8) is 0 Å². The molecule has 1 amide bonds. The lowest BCUT2D eigenvalue weighted by molar-refractivity contribution is -0.907. The first-order valence-electron chi connectivity index (χ1n) is 9.39. The molecule has 3 aromatic rings. The molecule has 0 aliphatic rings. The Morgan fingerprint density at radius 1 is 1.24 bits per heavy atom. The van der Waals surface area contributed by atoms with Gasteiger partial charge in [-0.15, -0.1) is 21.5 Å². The smallest absolute Gasteiger partial charge is 0.279 e. The van der Waals surface area contributed by atoms with Gasteiger partial charge in [-0.05, 0) is 42.6 Å². The van der Waals surface area contributed by atoms with Gasteiger partial charge in [0.05, 0.1) is 18.1 Å². The normalized spacial score (nSPS) is 11.9. The first kappa shape index (κ1) is 21.0. The number of quaternary nitrogens is 1. The van der Waals surface area contributed by atoms with Crippen LogP contribution in [0.5, 0.6) is 5.75 Å². The van der Waals surface area contributed by atoms with E-state index in [9.17, 15) is 4.79 Å². The molecule has 0 radical (unpaired) electrons. The average Bonchev–Trinajstić information content (AvgIpc) is 3.39. The number of carbonyl (C=O) groups is 1. The highest BCUT2D eigenvalue weighted by molar-refractivity contribution is 7.13. The van der Waals surface area contributed by atoms with Gasteiger partial charge < -0.3 is 24.1 Å². The maximum absolute atomic E-state index is 12.5. The number of aromatic nitrogens is 2. The number of ether oxygens (including phenoxy) is 2. The van der Waals surface area contributed by atoms with Gasteiger partial charge in [-0.3, -0.25) is 4.79 Å². The number of amides is 1. The summed E-state index contributed by atoms with van der Waals surface area (Å²) < 4.78 is 16.4. The zero-order chi connectivity index (χ0) is 20.5. The molecule has 0 bridgehead atoms. The number of thiophene rings is 1. The van der Waals surface area contributed by atoms with Gasteiger partial charge in [-0.2, -0.15) is 0 Å². The molecule has 0 aliphatic carbocycles. The third kappa shape index (κ3) is 6.38. The maximum Gasteiger partial charge on any atom is 0.279 e. The van der Waals surface area contributed by atoms with E-state index < -0.39 is 0 Å². The standard InChI is InChI=1S/C20H24N4O4S/c1-3-27-16-8-6-15(7-9-16)21-18(25)13-24(10-11-26-2)14-19-22-23-20(28-19)17-5-4-12-29-17/h4-9,12H,3,10-11,13-14H2,1-2H3,(H,21,25)/p+1. The highest BCUT2D eigenvalue weighted by Gasteiger charge is 2.19. The van der Waals surface area contributed by atoms with Crippen LogP contribution in [-0.4, -0.2) is 49.5 Å². The van der Waals surface area contributed by atoms with Crippen molar-refractivity contribution in [3.8, 4) is 16.5 Å². The molecule has 0 spiro atoms. The molecule has 29 heavy (non-hydrogen) atoms. The van der Waals surface area contributed by atoms with Crippen LogP contribution in [0.3, 0.4) is 0 Å². The second-order valence-corrected chi connectivity index (χ2v) is 7.28. The van der Waals surface area contributed by atoms with Crippen molar-refractivity contribution >= 4 is 22.9 Å². The largest absolute Gasteiger partial charge is 0.494 e. The number of anilines is 1. The Morgan fingerprint density at radius 3 is 2.76 bits per heavy atom. The Labute approximate surface area is 173 Å². The summed E-state index contributed by atoms with van der Waals surface area (Å²) in [6, 6.07) is 11.2. The number of hydrogen-bond donors (Lipinski definition) is 2. The van der Waals surface area contributed by atoms with Crippen LogP contribution in [0.2, 0.25) is 0 Å². The number of nitrogens with one attached hydrogen (secondary N) is 2. The van der Waals surface area contributed by atoms with E-state index >= 15 is 0 Å². The molecule has 1 aromatic carbocycles. The van der Waals surface area contributed by atoms with Gasteiger partial charge >= 0.3 is 0 Å². The summed E-state index contributed by atoms with van der Waals surface area (Å²) in [4.78, 5) is 14.4. The zero-order valence-corrected chi connectivity index (χ0v) is 17.3. The average molecular weight is 418 g/mol. The van der Waals surface area contributed by atoms with Crippen molar-refractivity contribution < 1.29 is 23.6 Å². The van der Waals surface area contributed by atoms with Gasteiger partial charge in [-0.1, -0.05) is 6.07 Å². The highest BCUT2D eigenvalue weighted by Crippen LogP contribution is 2.22. The number of benzene rings is 1. The molecule has 2 aromatic heterocycles. The molecule has 2 N–H and O–H groups in total. The van der Waals surface area contributed by atoms with Crippen molar-refractivity contribution in [1.82, 2.24) is 10.2 Å². The molecule has 2 heterocycles. The number of carbonyl (C=O) groups excluding carboxylic acids is 1. The van der Waals surface area contributed by atoms with Crippen LogP contribution in [0.1, 0.15) is 12.8 Å². The van der Waals surface area contributed by atoms with Crippen molar-refractivity contribution in [2.24, 2.45) is 0 Å². The summed E-state index contributed by atoms with van der Waals surface area (Å²) in [5.41, 5.74) is 0.724. The number of nitrogens with zero attached hydrogens (tertiary/aromatic N) is 2. The van der Waals surface area contributed by atoms with Gasteiger partial charge in [-0.25, -0.2) is 0 Å². The van der Waals surface area contributed by atoms with E-state index in [-0.39, 0.29) is 12.5 Å². The van der Waals surface area contributed by atoms with Crippen molar-refractivity contribution in [3.05, 3.63) is 47.7 Å². The Morgan fingerprint density at radius 2 is 2.07 bits per heavy atom. The monoisotopic (exact) mass is 417 g/mol. The number of hydrogen-bond acceptors (Lipinski definition) is 7. The summed E-state index contributed by atoms with van der Waals surface area (Å²) in [5.74, 6) is 1.67. The van der Waals surface area contributed by atoms with E-state index in [1.165, 1.54) is 0 Å². The minimum Gasteiger partial charge on any atom is -0.494 e. The van der Waals surface area contributed by atoms with E-state index in [4.69, 9.17) is 13.9 Å². The molecule has 0 aliphatic heterocycles. The topological polar surface area (TPSA) is 90.9 Å². The van der Waals surface area contributed by atoms with Crippen LogP contribution in [0.4, 0.5) is 5.69 Å². The van der Waals surface area contributed by atoms with E-state index in [1.54, 1.807) is 18.4 Å². The Hall–Kier alpha value is -2.75. The van der Waals surface area contributed by atoms with E-state index in [2.05, 4.69) is 15.5 Å². The Kier molecular flexibility index (Phi) is 7.74. The van der Waals surface area contributed by atoms with Crippen LogP contribution in [0.25, 0.3) is 10.8 Å². The van der Waals surface area contributed by atoms with Crippen LogP contribution in [-0.2, 0) is 16.1 Å². The molecule has 1 atom stereocenters. The predicted molar refractivity (Wildman–Crippen MR) is 110 cm³/mol. The zero-order valence-electron chi connectivity index (χ0n) is 16.5. The summed E-state index contributed by atoms with van der Waals surface area (Å²) in [7, 11) is 1.64. The van der Waals surface area contributed by atoms with Crippen LogP contribution >= 0.6 is 11.3 Å². The molecule has 154 valence electrons.